The zero-order valence-electron chi connectivity index (χ0n) is 17.6. The molecular weight excluding hydrogens is 410 g/mol. The second-order valence-corrected chi connectivity index (χ2v) is 9.17. The summed E-state index contributed by atoms with van der Waals surface area (Å²) in [5.41, 5.74) is 3.25. The van der Waals surface area contributed by atoms with E-state index < -0.39 is 0 Å². The van der Waals surface area contributed by atoms with E-state index in [1.165, 1.54) is 10.9 Å². The molecule has 3 aromatic rings. The van der Waals surface area contributed by atoms with E-state index >= 15 is 0 Å². The SMILES string of the molecule is COc1ccc(NC(=O)C2CC23CCN(Cc2ccc4ncccc4c2)CC3)cc1Cl. The number of rotatable bonds is 5. The highest BCUT2D eigenvalue weighted by atomic mass is 35.5. The molecule has 2 fully saturated rings. The second-order valence-electron chi connectivity index (χ2n) is 8.76. The summed E-state index contributed by atoms with van der Waals surface area (Å²) in [6, 6.07) is 16.0. The Morgan fingerprint density at radius 3 is 2.84 bits per heavy atom. The van der Waals surface area contributed by atoms with Crippen LogP contribution >= 0.6 is 11.6 Å². The molecule has 1 saturated heterocycles. The van der Waals surface area contributed by atoms with Crippen molar-refractivity contribution in [2.45, 2.75) is 25.8 Å². The molecular formula is C25H26ClN3O2. The Kier molecular flexibility index (Phi) is 5.32. The molecule has 2 aromatic carbocycles. The van der Waals surface area contributed by atoms with Gasteiger partial charge in [0.05, 0.1) is 17.6 Å². The monoisotopic (exact) mass is 435 g/mol. The average molecular weight is 436 g/mol. The highest BCUT2D eigenvalue weighted by molar-refractivity contribution is 6.32. The topological polar surface area (TPSA) is 54.5 Å². The summed E-state index contributed by atoms with van der Waals surface area (Å²) in [5, 5.41) is 4.73. The number of carbonyl (C=O) groups excluding carboxylic acids is 1. The Hall–Kier alpha value is -2.63. The summed E-state index contributed by atoms with van der Waals surface area (Å²) in [4.78, 5) is 19.7. The molecule has 1 aromatic heterocycles. The van der Waals surface area contributed by atoms with Crippen molar-refractivity contribution in [3.63, 3.8) is 0 Å². The maximum absolute atomic E-state index is 12.8. The lowest BCUT2D eigenvalue weighted by molar-refractivity contribution is -0.118. The predicted octanol–water partition coefficient (Wildman–Crippen LogP) is 5.14. The molecule has 1 aliphatic heterocycles. The molecule has 31 heavy (non-hydrogen) atoms. The van der Waals surface area contributed by atoms with Crippen molar-refractivity contribution in [2.75, 3.05) is 25.5 Å². The van der Waals surface area contributed by atoms with Gasteiger partial charge >= 0.3 is 0 Å². The van der Waals surface area contributed by atoms with Crippen molar-refractivity contribution in [1.29, 1.82) is 0 Å². The molecule has 1 amide bonds. The predicted molar refractivity (Wildman–Crippen MR) is 123 cm³/mol. The van der Waals surface area contributed by atoms with Crippen LogP contribution in [0.4, 0.5) is 5.69 Å². The zero-order valence-corrected chi connectivity index (χ0v) is 18.4. The number of anilines is 1. The number of hydrogen-bond donors (Lipinski definition) is 1. The van der Waals surface area contributed by atoms with Crippen LogP contribution in [0.1, 0.15) is 24.8 Å². The van der Waals surface area contributed by atoms with Gasteiger partial charge in [-0.05, 0) is 79.7 Å². The molecule has 5 nitrogen and oxygen atoms in total. The van der Waals surface area contributed by atoms with Gasteiger partial charge in [0.25, 0.3) is 0 Å². The Balaban J connectivity index is 1.16. The number of ether oxygens (including phenoxy) is 1. The van der Waals surface area contributed by atoms with Gasteiger partial charge in [-0.1, -0.05) is 23.7 Å². The van der Waals surface area contributed by atoms with Gasteiger partial charge in [0.2, 0.25) is 5.91 Å². The number of methoxy groups -OCH3 is 1. The molecule has 1 atom stereocenters. The van der Waals surface area contributed by atoms with Gasteiger partial charge < -0.3 is 10.1 Å². The van der Waals surface area contributed by atoms with E-state index in [0.717, 1.165) is 50.1 Å². The van der Waals surface area contributed by atoms with Crippen molar-refractivity contribution in [1.82, 2.24) is 9.88 Å². The molecule has 1 aliphatic carbocycles. The zero-order chi connectivity index (χ0) is 21.4. The number of fused-ring (bicyclic) bond motifs is 1. The van der Waals surface area contributed by atoms with Gasteiger partial charge in [-0.3, -0.25) is 14.7 Å². The van der Waals surface area contributed by atoms with Crippen molar-refractivity contribution >= 4 is 34.1 Å². The lowest BCUT2D eigenvalue weighted by Crippen LogP contribution is -2.35. The largest absolute Gasteiger partial charge is 0.495 e. The fourth-order valence-electron chi connectivity index (χ4n) is 4.88. The van der Waals surface area contributed by atoms with Gasteiger partial charge in [0.1, 0.15) is 5.75 Å². The van der Waals surface area contributed by atoms with E-state index in [1.54, 1.807) is 19.2 Å². The lowest BCUT2D eigenvalue weighted by atomic mass is 9.90. The van der Waals surface area contributed by atoms with E-state index in [9.17, 15) is 4.79 Å². The second kappa shape index (κ2) is 8.13. The van der Waals surface area contributed by atoms with Crippen LogP contribution in [0.15, 0.2) is 54.7 Å². The highest BCUT2D eigenvalue weighted by Crippen LogP contribution is 2.59. The minimum absolute atomic E-state index is 0.0993. The number of halogens is 1. The first kappa shape index (κ1) is 20.3. The number of nitrogens with one attached hydrogen (secondary N) is 1. The average Bonchev–Trinajstić information content (AvgIpc) is 3.49. The molecule has 2 heterocycles. The molecule has 1 unspecified atom stereocenters. The first-order valence-corrected chi connectivity index (χ1v) is 11.1. The molecule has 0 radical (unpaired) electrons. The Morgan fingerprint density at radius 1 is 1.23 bits per heavy atom. The standard InChI is InChI=1S/C25H26ClN3O2/c1-31-23-7-5-19(14-21(23)26)28-24(30)20-15-25(20)8-11-29(12-9-25)16-17-4-6-22-18(13-17)3-2-10-27-22/h2-7,10,13-14,20H,8-9,11-12,15-16H2,1H3,(H,28,30). The van der Waals surface area contributed by atoms with Gasteiger partial charge in [0.15, 0.2) is 0 Å². The van der Waals surface area contributed by atoms with Crippen LogP contribution in [0.2, 0.25) is 5.02 Å². The van der Waals surface area contributed by atoms with Crippen LogP contribution in [0.3, 0.4) is 0 Å². The number of carbonyl (C=O) groups is 1. The molecule has 1 N–H and O–H groups in total. The fraction of sp³-hybridized carbons (Fsp3) is 0.360. The normalized spacial score (nSPS) is 20.0. The van der Waals surface area contributed by atoms with E-state index in [4.69, 9.17) is 16.3 Å². The van der Waals surface area contributed by atoms with E-state index in [0.29, 0.717) is 10.8 Å². The summed E-state index contributed by atoms with van der Waals surface area (Å²) < 4.78 is 5.18. The number of piperidine rings is 1. The maximum Gasteiger partial charge on any atom is 0.228 e. The number of hydrogen-bond acceptors (Lipinski definition) is 4. The van der Waals surface area contributed by atoms with Gasteiger partial charge in [0, 0.05) is 29.7 Å². The van der Waals surface area contributed by atoms with Gasteiger partial charge in [-0.2, -0.15) is 0 Å². The molecule has 160 valence electrons. The van der Waals surface area contributed by atoms with E-state index in [2.05, 4.69) is 39.5 Å². The van der Waals surface area contributed by atoms with Crippen LogP contribution in [0.25, 0.3) is 10.9 Å². The summed E-state index contributed by atoms with van der Waals surface area (Å²) in [6.45, 7) is 3.01. The van der Waals surface area contributed by atoms with Crippen molar-refractivity contribution < 1.29 is 9.53 Å². The van der Waals surface area contributed by atoms with Gasteiger partial charge in [-0.25, -0.2) is 0 Å². The highest BCUT2D eigenvalue weighted by Gasteiger charge is 2.58. The molecule has 5 rings (SSSR count). The number of benzene rings is 2. The number of aromatic nitrogens is 1. The van der Waals surface area contributed by atoms with E-state index in [-0.39, 0.29) is 17.2 Å². The van der Waals surface area contributed by atoms with Crippen LogP contribution in [0, 0.1) is 11.3 Å². The van der Waals surface area contributed by atoms with Crippen LogP contribution in [-0.2, 0) is 11.3 Å². The summed E-state index contributed by atoms with van der Waals surface area (Å²) >= 11 is 6.18. The van der Waals surface area contributed by atoms with Crippen LogP contribution in [0.5, 0.6) is 5.75 Å². The third kappa shape index (κ3) is 4.12. The van der Waals surface area contributed by atoms with Crippen molar-refractivity contribution in [3.8, 4) is 5.75 Å². The summed E-state index contributed by atoms with van der Waals surface area (Å²) in [7, 11) is 1.58. The number of pyridine rings is 1. The Labute approximate surface area is 187 Å². The van der Waals surface area contributed by atoms with Gasteiger partial charge in [-0.15, -0.1) is 0 Å². The first-order chi connectivity index (χ1) is 15.1. The number of amides is 1. The Morgan fingerprint density at radius 2 is 2.06 bits per heavy atom. The smallest absolute Gasteiger partial charge is 0.228 e. The van der Waals surface area contributed by atoms with Crippen molar-refractivity contribution in [2.24, 2.45) is 11.3 Å². The molecule has 1 spiro atoms. The molecule has 2 aliphatic rings. The molecule has 0 bridgehead atoms. The minimum atomic E-state index is 0.0993. The molecule has 6 heteroatoms. The first-order valence-electron chi connectivity index (χ1n) is 10.8. The van der Waals surface area contributed by atoms with Crippen LogP contribution in [-0.4, -0.2) is 36.0 Å². The summed E-state index contributed by atoms with van der Waals surface area (Å²) in [5.74, 6) is 0.816. The third-order valence-corrected chi connectivity index (χ3v) is 7.15. The third-order valence-electron chi connectivity index (χ3n) is 6.85. The Bertz CT molecular complexity index is 1120. The number of nitrogens with zero attached hydrogens (tertiary/aromatic N) is 2. The lowest BCUT2D eigenvalue weighted by Gasteiger charge is -2.32. The van der Waals surface area contributed by atoms with E-state index in [1.807, 2.05) is 18.3 Å². The molecule has 1 saturated carbocycles. The summed E-state index contributed by atoms with van der Waals surface area (Å²) in [6.07, 6.45) is 4.96. The minimum Gasteiger partial charge on any atom is -0.495 e. The van der Waals surface area contributed by atoms with Crippen LogP contribution < -0.4 is 10.1 Å². The fourth-order valence-corrected chi connectivity index (χ4v) is 5.14. The maximum atomic E-state index is 12.8. The van der Waals surface area contributed by atoms with Crippen molar-refractivity contribution in [3.05, 3.63) is 65.3 Å². The number of likely N-dealkylation sites (tertiary alicyclic amines) is 1. The quantitative estimate of drug-likeness (QED) is 0.603.